The lowest BCUT2D eigenvalue weighted by atomic mass is 9.77. The molecule has 1 aliphatic carbocycles. The van der Waals surface area contributed by atoms with Crippen LogP contribution in [0.2, 0.25) is 0 Å². The molecule has 0 radical (unpaired) electrons. The van der Waals surface area contributed by atoms with Gasteiger partial charge in [-0.2, -0.15) is 4.58 Å². The summed E-state index contributed by atoms with van der Waals surface area (Å²) in [4.78, 5) is 56.8. The quantitative estimate of drug-likeness (QED) is 0.258. The van der Waals surface area contributed by atoms with E-state index in [1.54, 1.807) is 34.9 Å². The van der Waals surface area contributed by atoms with Gasteiger partial charge >= 0.3 is 5.97 Å². The molecule has 1 N–H and O–H groups in total. The number of aliphatic hydroxyl groups is 1. The zero-order valence-corrected chi connectivity index (χ0v) is 23.9. The Labute approximate surface area is 242 Å². The number of imide groups is 1. The molecule has 2 aromatic rings. The lowest BCUT2D eigenvalue weighted by Crippen LogP contribution is -2.42. The van der Waals surface area contributed by atoms with Crippen LogP contribution in [0, 0.1) is 5.82 Å². The topological polar surface area (TPSA) is 113 Å². The molecule has 2 aliphatic heterocycles. The number of hydroxylamine groups is 2. The average molecular weight is 576 g/mol. The van der Waals surface area contributed by atoms with Gasteiger partial charge in [0.15, 0.2) is 5.71 Å². The third-order valence-corrected chi connectivity index (χ3v) is 8.02. The fourth-order valence-electron chi connectivity index (χ4n) is 5.65. The number of halogens is 1. The maximum atomic E-state index is 14.5. The highest BCUT2D eigenvalue weighted by Gasteiger charge is 2.51. The molecule has 1 unspecified atom stereocenters. The highest BCUT2D eigenvalue weighted by molar-refractivity contribution is 6.40. The Hall–Kier alpha value is -4.60. The van der Waals surface area contributed by atoms with Crippen molar-refractivity contribution in [3.05, 3.63) is 76.8 Å². The number of amides is 2. The summed E-state index contributed by atoms with van der Waals surface area (Å²) in [5.74, 6) is -2.47. The predicted molar refractivity (Wildman–Crippen MR) is 150 cm³/mol. The molecule has 42 heavy (non-hydrogen) atoms. The van der Waals surface area contributed by atoms with Gasteiger partial charge in [0.2, 0.25) is 11.5 Å². The Bertz CT molecular complexity index is 1580. The molecule has 0 spiro atoms. The van der Waals surface area contributed by atoms with Gasteiger partial charge in [0.05, 0.1) is 23.7 Å². The monoisotopic (exact) mass is 575 g/mol. The number of benzene rings is 2. The number of hydrogen-bond donors (Lipinski definition) is 1. The van der Waals surface area contributed by atoms with Gasteiger partial charge in [-0.3, -0.25) is 14.4 Å². The van der Waals surface area contributed by atoms with Crippen molar-refractivity contribution in [2.75, 3.05) is 7.11 Å². The normalized spacial score (nSPS) is 19.4. The minimum atomic E-state index is -1.01. The Balaban J connectivity index is 1.63. The first-order valence-electron chi connectivity index (χ1n) is 13.9. The standard InChI is InChI=1S/C32H31FN2O7/c1-5-6-7-24(31(40)42-35-26(36)14-15-27(35)37)34-23-13-10-19(33)16-22(23)32(2,3)25(34)17-21-29(38)28(30(21)39)18-8-11-20(41-4)12-9-18/h8-13,16-17,24H,5-7,14-15H2,1-4H3/p+1. The second-order valence-electron chi connectivity index (χ2n) is 11.0. The first kappa shape index (κ1) is 28.9. The molecule has 2 heterocycles. The van der Waals surface area contributed by atoms with Crippen LogP contribution in [0.3, 0.4) is 0 Å². The van der Waals surface area contributed by atoms with Crippen LogP contribution in [0.1, 0.15) is 64.0 Å². The van der Waals surface area contributed by atoms with Crippen LogP contribution in [0.15, 0.2) is 59.9 Å². The maximum Gasteiger partial charge on any atom is 0.401 e. The summed E-state index contributed by atoms with van der Waals surface area (Å²) in [6, 6.07) is 9.93. The van der Waals surface area contributed by atoms with Crippen molar-refractivity contribution >= 4 is 40.5 Å². The summed E-state index contributed by atoms with van der Waals surface area (Å²) in [5.41, 5.74) is 1.39. The first-order valence-corrected chi connectivity index (χ1v) is 13.9. The second kappa shape index (κ2) is 11.0. The number of ether oxygens (including phenoxy) is 1. The largest absolute Gasteiger partial charge is 0.506 e. The number of unbranched alkanes of at least 4 members (excludes halogenated alkanes) is 1. The van der Waals surface area contributed by atoms with Crippen LogP contribution in [0.4, 0.5) is 10.1 Å². The highest BCUT2D eigenvalue weighted by atomic mass is 19.1. The fourth-order valence-corrected chi connectivity index (χ4v) is 5.65. The van der Waals surface area contributed by atoms with Crippen molar-refractivity contribution in [2.45, 2.75) is 64.3 Å². The number of allylic oxidation sites excluding steroid dienone is 3. The van der Waals surface area contributed by atoms with Crippen molar-refractivity contribution in [3.63, 3.8) is 0 Å². The van der Waals surface area contributed by atoms with Crippen molar-refractivity contribution in [3.8, 4) is 5.75 Å². The van der Waals surface area contributed by atoms with Gasteiger partial charge in [-0.1, -0.05) is 25.5 Å². The Morgan fingerprint density at radius 3 is 2.38 bits per heavy atom. The van der Waals surface area contributed by atoms with E-state index in [4.69, 9.17) is 9.57 Å². The summed E-state index contributed by atoms with van der Waals surface area (Å²) < 4.78 is 21.4. The van der Waals surface area contributed by atoms with E-state index < -0.39 is 35.1 Å². The number of nitrogens with zero attached hydrogens (tertiary/aromatic N) is 2. The number of aliphatic hydroxyl groups excluding tert-OH is 1. The minimum absolute atomic E-state index is 0.0433. The van der Waals surface area contributed by atoms with E-state index in [2.05, 4.69) is 0 Å². The van der Waals surface area contributed by atoms with E-state index in [-0.39, 0.29) is 42.0 Å². The lowest BCUT2D eigenvalue weighted by Gasteiger charge is -2.23. The number of ketones is 1. The van der Waals surface area contributed by atoms with Gasteiger partial charge in [0.25, 0.3) is 17.9 Å². The molecule has 2 amide bonds. The van der Waals surface area contributed by atoms with Crippen LogP contribution < -0.4 is 4.74 Å². The van der Waals surface area contributed by atoms with E-state index in [0.717, 1.165) is 6.42 Å². The first-order chi connectivity index (χ1) is 20.0. The Morgan fingerprint density at radius 2 is 1.79 bits per heavy atom. The smallest absolute Gasteiger partial charge is 0.401 e. The summed E-state index contributed by atoms with van der Waals surface area (Å²) in [6.07, 6.45) is 3.07. The molecule has 1 atom stereocenters. The van der Waals surface area contributed by atoms with Crippen LogP contribution >= 0.6 is 0 Å². The van der Waals surface area contributed by atoms with Gasteiger partial charge < -0.3 is 14.7 Å². The number of carbonyl (C=O) groups is 4. The van der Waals surface area contributed by atoms with Crippen LogP contribution in [-0.2, 0) is 29.4 Å². The van der Waals surface area contributed by atoms with Crippen molar-refractivity contribution < 1.29 is 42.8 Å². The van der Waals surface area contributed by atoms with E-state index in [9.17, 15) is 28.7 Å². The number of fused-ring (bicyclic) bond motifs is 1. The molecule has 2 aromatic carbocycles. The van der Waals surface area contributed by atoms with E-state index in [1.165, 1.54) is 25.3 Å². The number of Topliss-reactive ketones (excluding diaryl/α,β-unsaturated/α-hetero) is 1. The Kier molecular flexibility index (Phi) is 7.57. The van der Waals surface area contributed by atoms with Crippen LogP contribution in [0.25, 0.3) is 5.57 Å². The van der Waals surface area contributed by atoms with Gasteiger partial charge in [0.1, 0.15) is 17.3 Å². The molecule has 3 aliphatic rings. The number of hydrogen-bond acceptors (Lipinski definition) is 7. The molecule has 9 nitrogen and oxygen atoms in total. The van der Waals surface area contributed by atoms with Gasteiger partial charge in [0, 0.05) is 37.0 Å². The second-order valence-corrected chi connectivity index (χ2v) is 11.0. The lowest BCUT2D eigenvalue weighted by molar-refractivity contribution is -0.473. The zero-order chi connectivity index (χ0) is 30.3. The molecule has 10 heteroatoms. The molecule has 0 aromatic heterocycles. The predicted octanol–water partition coefficient (Wildman–Crippen LogP) is 4.85. The molecular formula is C32H32FN2O7+. The van der Waals surface area contributed by atoms with Crippen molar-refractivity contribution in [2.24, 2.45) is 0 Å². The highest BCUT2D eigenvalue weighted by Crippen LogP contribution is 2.44. The average Bonchev–Trinajstić information content (AvgIpc) is 3.39. The van der Waals surface area contributed by atoms with Gasteiger partial charge in [-0.15, -0.1) is 5.06 Å². The summed E-state index contributed by atoms with van der Waals surface area (Å²) in [5, 5.41) is 11.5. The van der Waals surface area contributed by atoms with Crippen molar-refractivity contribution in [1.29, 1.82) is 0 Å². The third kappa shape index (κ3) is 4.80. The SMILES string of the molecule is CCCCC(C(=O)ON1C(=O)CCC1=O)[N+]1=C(/C=C2/C(=O)C(c3ccc(OC)cc3)=C2O)C(C)(C)c2cc(F)ccc21. The summed E-state index contributed by atoms with van der Waals surface area (Å²) in [6.45, 7) is 5.62. The number of carbonyl (C=O) groups excluding carboxylic acids is 4. The number of methoxy groups -OCH3 is 1. The molecule has 0 bridgehead atoms. The summed E-state index contributed by atoms with van der Waals surface area (Å²) in [7, 11) is 1.53. The molecule has 1 saturated heterocycles. The number of rotatable bonds is 9. The van der Waals surface area contributed by atoms with Crippen molar-refractivity contribution in [1.82, 2.24) is 5.06 Å². The zero-order valence-electron chi connectivity index (χ0n) is 23.9. The van der Waals surface area contributed by atoms with E-state index in [1.807, 2.05) is 20.8 Å². The molecular weight excluding hydrogens is 543 g/mol. The summed E-state index contributed by atoms with van der Waals surface area (Å²) >= 11 is 0. The molecule has 5 rings (SSSR count). The van der Waals surface area contributed by atoms with E-state index in [0.29, 0.717) is 39.8 Å². The van der Waals surface area contributed by atoms with Gasteiger partial charge in [-0.05, 0) is 50.1 Å². The minimum Gasteiger partial charge on any atom is -0.506 e. The molecule has 218 valence electrons. The van der Waals surface area contributed by atoms with E-state index >= 15 is 0 Å². The van der Waals surface area contributed by atoms with Gasteiger partial charge in [-0.25, -0.2) is 9.18 Å². The third-order valence-electron chi connectivity index (χ3n) is 8.02. The Morgan fingerprint density at radius 1 is 1.12 bits per heavy atom. The molecule has 0 saturated carbocycles. The van der Waals surface area contributed by atoms with Crippen LogP contribution in [0.5, 0.6) is 5.75 Å². The van der Waals surface area contributed by atoms with Crippen LogP contribution in [-0.4, -0.2) is 57.2 Å². The maximum absolute atomic E-state index is 14.5. The molecule has 1 fully saturated rings. The fraction of sp³-hybridized carbons (Fsp3) is 0.344.